The molecule has 2 heteroatoms. The van der Waals surface area contributed by atoms with Crippen molar-refractivity contribution in [3.8, 4) is 22.4 Å². The molecule has 0 unspecified atom stereocenters. The van der Waals surface area contributed by atoms with Gasteiger partial charge in [-0.2, -0.15) is 0 Å². The first-order chi connectivity index (χ1) is 24.1. The average Bonchev–Trinajstić information content (AvgIpc) is 3.42. The highest BCUT2D eigenvalue weighted by atomic mass is 15.1. The SMILES string of the molecule is CCCC1(CCC)C2=C(C=CCC2)c2ccc(N(c3ccc(-c4ccccn4)cc3)c3ccc(-c4ccc(C)c5ccccc45)cc3)cc21. The zero-order chi connectivity index (χ0) is 33.4. The third-order valence-corrected chi connectivity index (χ3v) is 10.8. The van der Waals surface area contributed by atoms with E-state index in [0.717, 1.165) is 29.1 Å². The molecule has 0 amide bonds. The molecule has 0 atom stereocenters. The minimum Gasteiger partial charge on any atom is -0.310 e. The molecule has 242 valence electrons. The molecule has 0 aliphatic heterocycles. The van der Waals surface area contributed by atoms with Crippen molar-refractivity contribution >= 4 is 33.4 Å². The molecular formula is C47H44N2. The van der Waals surface area contributed by atoms with E-state index in [1.807, 2.05) is 18.3 Å². The van der Waals surface area contributed by atoms with Gasteiger partial charge in [0.1, 0.15) is 0 Å². The fraction of sp³-hybridized carbons (Fsp3) is 0.213. The van der Waals surface area contributed by atoms with Gasteiger partial charge in [-0.15, -0.1) is 0 Å². The molecule has 6 aromatic rings. The summed E-state index contributed by atoms with van der Waals surface area (Å²) in [4.78, 5) is 7.05. The van der Waals surface area contributed by atoms with Gasteiger partial charge in [0.05, 0.1) is 5.69 Å². The molecule has 1 heterocycles. The van der Waals surface area contributed by atoms with Crippen LogP contribution in [-0.2, 0) is 5.41 Å². The highest BCUT2D eigenvalue weighted by Crippen LogP contribution is 2.56. The smallest absolute Gasteiger partial charge is 0.0701 e. The number of fused-ring (bicyclic) bond motifs is 3. The molecule has 0 spiro atoms. The van der Waals surface area contributed by atoms with Gasteiger partial charge in [-0.1, -0.05) is 117 Å². The van der Waals surface area contributed by atoms with Crippen LogP contribution in [0, 0.1) is 6.92 Å². The van der Waals surface area contributed by atoms with E-state index in [9.17, 15) is 0 Å². The van der Waals surface area contributed by atoms with E-state index in [0.29, 0.717) is 0 Å². The summed E-state index contributed by atoms with van der Waals surface area (Å²) >= 11 is 0. The van der Waals surface area contributed by atoms with Gasteiger partial charge < -0.3 is 4.90 Å². The van der Waals surface area contributed by atoms with Crippen LogP contribution in [0.3, 0.4) is 0 Å². The van der Waals surface area contributed by atoms with Crippen LogP contribution in [0.25, 0.3) is 38.7 Å². The highest BCUT2D eigenvalue weighted by molar-refractivity contribution is 5.99. The fourth-order valence-corrected chi connectivity index (χ4v) is 8.68. The number of nitrogens with zero attached hydrogens (tertiary/aromatic N) is 2. The van der Waals surface area contributed by atoms with Crippen molar-refractivity contribution < 1.29 is 0 Å². The predicted molar refractivity (Wildman–Crippen MR) is 209 cm³/mol. The molecule has 0 bridgehead atoms. The number of rotatable bonds is 9. The molecule has 2 nitrogen and oxygen atoms in total. The number of benzene rings is 5. The number of anilines is 3. The van der Waals surface area contributed by atoms with E-state index >= 15 is 0 Å². The van der Waals surface area contributed by atoms with Crippen LogP contribution in [0.4, 0.5) is 17.1 Å². The minimum absolute atomic E-state index is 0.111. The Kier molecular flexibility index (Phi) is 8.25. The zero-order valence-corrected chi connectivity index (χ0v) is 28.9. The number of hydrogen-bond acceptors (Lipinski definition) is 2. The van der Waals surface area contributed by atoms with Gasteiger partial charge in [-0.25, -0.2) is 0 Å². The lowest BCUT2D eigenvalue weighted by atomic mass is 9.69. The van der Waals surface area contributed by atoms with Gasteiger partial charge in [0.25, 0.3) is 0 Å². The third kappa shape index (κ3) is 5.40. The van der Waals surface area contributed by atoms with Crippen molar-refractivity contribution in [2.75, 3.05) is 4.90 Å². The Bertz CT molecular complexity index is 2180. The maximum absolute atomic E-state index is 4.61. The standard InChI is InChI=1S/C47H44N2/c1-4-29-47(30-5-2)44-15-9-8-14-42(44)43-28-26-38(32-45(43)47)49(37-24-20-35(21-25-37)46-16-10-11-31-48-46)36-22-18-34(19-23-36)40-27-17-33(3)39-12-6-7-13-41(39)40/h6-8,10-14,16-28,31-32H,4-5,9,15,29-30H2,1-3H3. The number of aromatic nitrogens is 1. The van der Waals surface area contributed by atoms with Crippen LogP contribution in [-0.4, -0.2) is 4.98 Å². The summed E-state index contributed by atoms with van der Waals surface area (Å²) in [5.41, 5.74) is 15.6. The average molecular weight is 637 g/mol. The summed E-state index contributed by atoms with van der Waals surface area (Å²) in [7, 11) is 0. The fourth-order valence-electron chi connectivity index (χ4n) is 8.68. The van der Waals surface area contributed by atoms with E-state index in [4.69, 9.17) is 0 Å². The van der Waals surface area contributed by atoms with E-state index < -0.39 is 0 Å². The van der Waals surface area contributed by atoms with Crippen molar-refractivity contribution in [3.05, 3.63) is 162 Å². The quantitative estimate of drug-likeness (QED) is 0.157. The Labute approximate surface area is 291 Å². The van der Waals surface area contributed by atoms with Crippen molar-refractivity contribution in [1.29, 1.82) is 0 Å². The van der Waals surface area contributed by atoms with Crippen molar-refractivity contribution in [2.24, 2.45) is 0 Å². The van der Waals surface area contributed by atoms with Gasteiger partial charge in [0, 0.05) is 34.2 Å². The van der Waals surface area contributed by atoms with Crippen LogP contribution in [0.15, 0.2) is 145 Å². The Morgan fingerprint density at radius 1 is 0.653 bits per heavy atom. The Morgan fingerprint density at radius 3 is 2.00 bits per heavy atom. The largest absolute Gasteiger partial charge is 0.310 e. The van der Waals surface area contributed by atoms with Crippen LogP contribution in [0.2, 0.25) is 0 Å². The number of pyridine rings is 1. The van der Waals surface area contributed by atoms with E-state index in [1.165, 1.54) is 82.0 Å². The second-order valence-electron chi connectivity index (χ2n) is 13.8. The van der Waals surface area contributed by atoms with Gasteiger partial charge >= 0.3 is 0 Å². The summed E-state index contributed by atoms with van der Waals surface area (Å²) < 4.78 is 0. The molecule has 0 N–H and O–H groups in total. The summed E-state index contributed by atoms with van der Waals surface area (Å²) in [6, 6.07) is 44.7. The lowest BCUT2D eigenvalue weighted by Crippen LogP contribution is -2.27. The second-order valence-corrected chi connectivity index (χ2v) is 13.8. The molecule has 1 aromatic heterocycles. The van der Waals surface area contributed by atoms with E-state index in [1.54, 1.807) is 5.57 Å². The zero-order valence-electron chi connectivity index (χ0n) is 28.9. The summed E-state index contributed by atoms with van der Waals surface area (Å²) in [6.45, 7) is 6.90. The predicted octanol–water partition coefficient (Wildman–Crippen LogP) is 13.3. The molecule has 5 aromatic carbocycles. The van der Waals surface area contributed by atoms with Crippen LogP contribution in [0.5, 0.6) is 0 Å². The topological polar surface area (TPSA) is 16.1 Å². The van der Waals surface area contributed by atoms with E-state index in [-0.39, 0.29) is 5.41 Å². The lowest BCUT2D eigenvalue weighted by Gasteiger charge is -2.35. The van der Waals surface area contributed by atoms with Crippen LogP contribution < -0.4 is 4.90 Å². The maximum atomic E-state index is 4.61. The van der Waals surface area contributed by atoms with Crippen LogP contribution >= 0.6 is 0 Å². The Hall–Kier alpha value is -5.21. The monoisotopic (exact) mass is 636 g/mol. The van der Waals surface area contributed by atoms with Crippen molar-refractivity contribution in [2.45, 2.75) is 64.7 Å². The number of allylic oxidation sites excluding steroid dienone is 4. The third-order valence-electron chi connectivity index (χ3n) is 10.8. The molecular weight excluding hydrogens is 593 g/mol. The van der Waals surface area contributed by atoms with Gasteiger partial charge in [-0.3, -0.25) is 4.98 Å². The molecule has 2 aliphatic carbocycles. The van der Waals surface area contributed by atoms with Crippen molar-refractivity contribution in [3.63, 3.8) is 0 Å². The molecule has 49 heavy (non-hydrogen) atoms. The summed E-state index contributed by atoms with van der Waals surface area (Å²) in [6.07, 6.45) is 13.7. The number of aryl methyl sites for hydroxylation is 1. The first kappa shape index (κ1) is 31.1. The molecule has 0 saturated heterocycles. The Morgan fingerprint density at radius 2 is 1.31 bits per heavy atom. The minimum atomic E-state index is 0.111. The van der Waals surface area contributed by atoms with Crippen molar-refractivity contribution in [1.82, 2.24) is 4.98 Å². The van der Waals surface area contributed by atoms with Gasteiger partial charge in [0.2, 0.25) is 0 Å². The summed E-state index contributed by atoms with van der Waals surface area (Å²) in [5.74, 6) is 0. The maximum Gasteiger partial charge on any atom is 0.0701 e. The van der Waals surface area contributed by atoms with Crippen LogP contribution in [0.1, 0.15) is 69.1 Å². The molecule has 2 aliphatic rings. The number of hydrogen-bond donors (Lipinski definition) is 0. The van der Waals surface area contributed by atoms with Gasteiger partial charge in [-0.05, 0) is 125 Å². The molecule has 0 saturated carbocycles. The van der Waals surface area contributed by atoms with Gasteiger partial charge in [0.15, 0.2) is 0 Å². The first-order valence-corrected chi connectivity index (χ1v) is 18.1. The molecule has 8 rings (SSSR count). The molecule has 0 fully saturated rings. The Balaban J connectivity index is 1.26. The normalized spacial score (nSPS) is 14.6. The molecule has 0 radical (unpaired) electrons. The highest BCUT2D eigenvalue weighted by Gasteiger charge is 2.43. The first-order valence-electron chi connectivity index (χ1n) is 18.1. The lowest BCUT2D eigenvalue weighted by molar-refractivity contribution is 0.413. The summed E-state index contributed by atoms with van der Waals surface area (Å²) in [5, 5.41) is 2.61. The second kappa shape index (κ2) is 13.0. The van der Waals surface area contributed by atoms with E-state index in [2.05, 4.69) is 152 Å².